The summed E-state index contributed by atoms with van der Waals surface area (Å²) in [7, 11) is 0. The molecule has 0 atom stereocenters. The molecule has 0 aliphatic carbocycles. The number of likely N-dealkylation sites (tertiary alicyclic amines) is 1. The number of hydrogen-bond donors (Lipinski definition) is 1. The second kappa shape index (κ2) is 7.81. The molecule has 0 spiro atoms. The summed E-state index contributed by atoms with van der Waals surface area (Å²) in [5.41, 5.74) is 2.51. The van der Waals surface area contributed by atoms with Crippen LogP contribution in [-0.2, 0) is 11.3 Å². The van der Waals surface area contributed by atoms with Gasteiger partial charge in [0.2, 0.25) is 5.91 Å². The summed E-state index contributed by atoms with van der Waals surface area (Å²) in [6.45, 7) is 5.12. The highest BCUT2D eigenvalue weighted by atomic mass is 19.4. The van der Waals surface area contributed by atoms with E-state index in [1.165, 1.54) is 11.1 Å². The van der Waals surface area contributed by atoms with Crippen LogP contribution in [0, 0.1) is 12.8 Å². The topological polar surface area (TPSA) is 32.3 Å². The molecule has 0 bridgehead atoms. The number of nitrogens with one attached hydrogen (secondary N) is 1. The summed E-state index contributed by atoms with van der Waals surface area (Å²) < 4.78 is 36.3. The maximum Gasteiger partial charge on any atom is 0.397 e. The van der Waals surface area contributed by atoms with Crippen LogP contribution in [0.5, 0.6) is 0 Å². The van der Waals surface area contributed by atoms with Crippen molar-refractivity contribution in [1.82, 2.24) is 10.2 Å². The van der Waals surface area contributed by atoms with Gasteiger partial charge in [-0.05, 0) is 44.3 Å². The van der Waals surface area contributed by atoms with Gasteiger partial charge in [0.15, 0.2) is 0 Å². The highest BCUT2D eigenvalue weighted by Crippen LogP contribution is 2.21. The summed E-state index contributed by atoms with van der Waals surface area (Å²) in [6.07, 6.45) is -4.02. The molecule has 6 heteroatoms. The van der Waals surface area contributed by atoms with Crippen molar-refractivity contribution in [1.29, 1.82) is 0 Å². The predicted molar refractivity (Wildman–Crippen MR) is 82.9 cm³/mol. The fraction of sp³-hybridized carbons (Fsp3) is 0.588. The second-order valence-corrected chi connectivity index (χ2v) is 6.30. The number of carbonyl (C=O) groups is 1. The van der Waals surface area contributed by atoms with Gasteiger partial charge in [0.25, 0.3) is 0 Å². The van der Waals surface area contributed by atoms with Crippen LogP contribution in [-0.4, -0.2) is 36.6 Å². The van der Waals surface area contributed by atoms with E-state index in [0.29, 0.717) is 6.54 Å². The van der Waals surface area contributed by atoms with E-state index in [4.69, 9.17) is 0 Å². The first kappa shape index (κ1) is 17.8. The molecule has 2 rings (SSSR count). The Bertz CT molecular complexity index is 506. The van der Waals surface area contributed by atoms with Crippen molar-refractivity contribution in [2.24, 2.45) is 5.92 Å². The normalized spacial score (nSPS) is 17.2. The molecule has 1 aromatic rings. The van der Waals surface area contributed by atoms with Crippen LogP contribution in [0.15, 0.2) is 24.3 Å². The van der Waals surface area contributed by atoms with Crippen molar-refractivity contribution in [3.63, 3.8) is 0 Å². The van der Waals surface area contributed by atoms with Gasteiger partial charge in [0.05, 0.1) is 0 Å². The Balaban J connectivity index is 1.67. The molecule has 1 N–H and O–H groups in total. The quantitative estimate of drug-likeness (QED) is 0.900. The lowest BCUT2D eigenvalue weighted by Crippen LogP contribution is -2.39. The summed E-state index contributed by atoms with van der Waals surface area (Å²) in [5, 5.41) is 2.40. The van der Waals surface area contributed by atoms with Crippen LogP contribution >= 0.6 is 0 Å². The van der Waals surface area contributed by atoms with E-state index in [9.17, 15) is 18.0 Å². The van der Waals surface area contributed by atoms with Gasteiger partial charge in [-0.1, -0.05) is 29.8 Å². The average molecular weight is 328 g/mol. The van der Waals surface area contributed by atoms with Gasteiger partial charge in [-0.2, -0.15) is 13.2 Å². The number of carbonyl (C=O) groups excluding carboxylic acids is 1. The van der Waals surface area contributed by atoms with Crippen LogP contribution in [0.25, 0.3) is 0 Å². The van der Waals surface area contributed by atoms with Crippen molar-refractivity contribution >= 4 is 5.91 Å². The SMILES string of the molecule is Cc1ccc(CN2CCC(CNC(=O)CC(F)(F)F)CC2)cc1. The average Bonchev–Trinajstić information content (AvgIpc) is 2.47. The van der Waals surface area contributed by atoms with E-state index in [2.05, 4.69) is 41.4 Å². The zero-order valence-corrected chi connectivity index (χ0v) is 13.3. The Morgan fingerprint density at radius 2 is 1.83 bits per heavy atom. The van der Waals surface area contributed by atoms with Gasteiger partial charge < -0.3 is 5.32 Å². The number of hydrogen-bond acceptors (Lipinski definition) is 2. The molecule has 23 heavy (non-hydrogen) atoms. The standard InChI is InChI=1S/C17H23F3N2O/c1-13-2-4-15(5-3-13)12-22-8-6-14(7-9-22)11-21-16(23)10-17(18,19)20/h2-5,14H,6-12H2,1H3,(H,21,23). The van der Waals surface area contributed by atoms with E-state index in [1.807, 2.05) is 0 Å². The Labute approximate surface area is 134 Å². The minimum atomic E-state index is -4.43. The lowest BCUT2D eigenvalue weighted by molar-refractivity contribution is -0.153. The first-order chi connectivity index (χ1) is 10.8. The Kier molecular flexibility index (Phi) is 6.04. The minimum absolute atomic E-state index is 0.265. The zero-order chi connectivity index (χ0) is 16.9. The minimum Gasteiger partial charge on any atom is -0.356 e. The summed E-state index contributed by atoms with van der Waals surface area (Å²) in [6, 6.07) is 8.44. The molecule has 1 aromatic carbocycles. The van der Waals surface area contributed by atoms with Gasteiger partial charge >= 0.3 is 6.18 Å². The number of piperidine rings is 1. The van der Waals surface area contributed by atoms with E-state index in [1.54, 1.807) is 0 Å². The van der Waals surface area contributed by atoms with Gasteiger partial charge in [-0.3, -0.25) is 9.69 Å². The Morgan fingerprint density at radius 1 is 1.22 bits per heavy atom. The molecular formula is C17H23F3N2O. The number of aryl methyl sites for hydroxylation is 1. The summed E-state index contributed by atoms with van der Waals surface area (Å²) in [4.78, 5) is 13.5. The van der Waals surface area contributed by atoms with Crippen LogP contribution in [0.1, 0.15) is 30.4 Å². The van der Waals surface area contributed by atoms with Crippen molar-refractivity contribution in [3.8, 4) is 0 Å². The van der Waals surface area contributed by atoms with Crippen molar-refractivity contribution in [3.05, 3.63) is 35.4 Å². The summed E-state index contributed by atoms with van der Waals surface area (Å²) in [5.74, 6) is -0.666. The molecule has 0 saturated carbocycles. The molecule has 1 saturated heterocycles. The van der Waals surface area contributed by atoms with Crippen LogP contribution < -0.4 is 5.32 Å². The zero-order valence-electron chi connectivity index (χ0n) is 13.3. The molecular weight excluding hydrogens is 305 g/mol. The molecule has 128 valence electrons. The molecule has 1 aliphatic heterocycles. The highest BCUT2D eigenvalue weighted by molar-refractivity contribution is 5.76. The first-order valence-electron chi connectivity index (χ1n) is 7.93. The van der Waals surface area contributed by atoms with E-state index < -0.39 is 18.5 Å². The van der Waals surface area contributed by atoms with Gasteiger partial charge in [-0.15, -0.1) is 0 Å². The molecule has 3 nitrogen and oxygen atoms in total. The molecule has 0 radical (unpaired) electrons. The maximum atomic E-state index is 12.1. The summed E-state index contributed by atoms with van der Waals surface area (Å²) >= 11 is 0. The van der Waals surface area contributed by atoms with Crippen molar-refractivity contribution in [2.75, 3.05) is 19.6 Å². The van der Waals surface area contributed by atoms with Gasteiger partial charge in [0, 0.05) is 13.1 Å². The maximum absolute atomic E-state index is 12.1. The number of rotatable bonds is 5. The fourth-order valence-corrected chi connectivity index (χ4v) is 2.80. The number of benzene rings is 1. The Morgan fingerprint density at radius 3 is 2.39 bits per heavy atom. The second-order valence-electron chi connectivity index (χ2n) is 6.30. The van der Waals surface area contributed by atoms with Gasteiger partial charge in [0.1, 0.15) is 6.42 Å². The largest absolute Gasteiger partial charge is 0.397 e. The molecule has 0 aromatic heterocycles. The predicted octanol–water partition coefficient (Wildman–Crippen LogP) is 3.28. The third-order valence-electron chi connectivity index (χ3n) is 4.18. The molecule has 0 unspecified atom stereocenters. The van der Waals surface area contributed by atoms with Crippen LogP contribution in [0.2, 0.25) is 0 Å². The lowest BCUT2D eigenvalue weighted by Gasteiger charge is -2.32. The van der Waals surface area contributed by atoms with E-state index in [-0.39, 0.29) is 5.92 Å². The van der Waals surface area contributed by atoms with Gasteiger partial charge in [-0.25, -0.2) is 0 Å². The fourth-order valence-electron chi connectivity index (χ4n) is 2.80. The van der Waals surface area contributed by atoms with E-state index >= 15 is 0 Å². The number of alkyl halides is 3. The smallest absolute Gasteiger partial charge is 0.356 e. The molecule has 1 amide bonds. The monoisotopic (exact) mass is 328 g/mol. The molecule has 1 aliphatic rings. The lowest BCUT2D eigenvalue weighted by atomic mass is 9.96. The van der Waals surface area contributed by atoms with E-state index in [0.717, 1.165) is 32.5 Å². The van der Waals surface area contributed by atoms with Crippen molar-refractivity contribution < 1.29 is 18.0 Å². The highest BCUT2D eigenvalue weighted by Gasteiger charge is 2.31. The number of halogens is 3. The first-order valence-corrected chi connectivity index (χ1v) is 7.93. The van der Waals surface area contributed by atoms with Crippen molar-refractivity contribution in [2.45, 2.75) is 38.9 Å². The van der Waals surface area contributed by atoms with Crippen LogP contribution in [0.3, 0.4) is 0 Å². The third-order valence-corrected chi connectivity index (χ3v) is 4.18. The number of nitrogens with zero attached hydrogens (tertiary/aromatic N) is 1. The number of amides is 1. The Hall–Kier alpha value is -1.56. The molecule has 1 heterocycles. The third kappa shape index (κ3) is 6.60. The molecule has 1 fully saturated rings. The van der Waals surface area contributed by atoms with Crippen LogP contribution in [0.4, 0.5) is 13.2 Å².